The van der Waals surface area contributed by atoms with E-state index in [1.54, 1.807) is 25.1 Å². The predicted octanol–water partition coefficient (Wildman–Crippen LogP) is 1.22. The summed E-state index contributed by atoms with van der Waals surface area (Å²) < 4.78 is 25.2. The molecule has 22 heavy (non-hydrogen) atoms. The average Bonchev–Trinajstić information content (AvgIpc) is 2.39. The van der Waals surface area contributed by atoms with Crippen LogP contribution in [0.1, 0.15) is 22.8 Å². The number of piperazine rings is 1. The summed E-state index contributed by atoms with van der Waals surface area (Å²) >= 11 is 0. The Labute approximate surface area is 137 Å². The molecule has 1 amide bonds. The molecule has 2 N–H and O–H groups in total. The van der Waals surface area contributed by atoms with Crippen LogP contribution in [-0.4, -0.2) is 51.2 Å². The van der Waals surface area contributed by atoms with Crippen LogP contribution in [0.25, 0.3) is 0 Å². The molecular weight excluding hydrogens is 326 g/mol. The lowest BCUT2D eigenvalue weighted by molar-refractivity contribution is 0.0656. The maximum Gasteiger partial charge on any atom is 0.254 e. The summed E-state index contributed by atoms with van der Waals surface area (Å²) in [6, 6.07) is 5.22. The van der Waals surface area contributed by atoms with Gasteiger partial charge in [-0.25, -0.2) is 8.42 Å². The number of carbonyl (C=O) groups excluding carboxylic acids is 1. The van der Waals surface area contributed by atoms with E-state index in [1.807, 2.05) is 11.8 Å². The van der Waals surface area contributed by atoms with Gasteiger partial charge < -0.3 is 10.2 Å². The van der Waals surface area contributed by atoms with Crippen molar-refractivity contribution >= 4 is 34.0 Å². The van der Waals surface area contributed by atoms with Crippen LogP contribution in [0, 0.1) is 6.92 Å². The molecule has 2 rings (SSSR count). The van der Waals surface area contributed by atoms with Crippen LogP contribution in [0.5, 0.6) is 0 Å². The van der Waals surface area contributed by atoms with Gasteiger partial charge in [-0.05, 0) is 31.5 Å². The van der Waals surface area contributed by atoms with Crippen LogP contribution in [0.4, 0.5) is 5.69 Å². The summed E-state index contributed by atoms with van der Waals surface area (Å²) in [6.45, 7) is 5.99. The second-order valence-corrected chi connectivity index (χ2v) is 7.20. The van der Waals surface area contributed by atoms with Crippen molar-refractivity contribution in [2.75, 3.05) is 30.6 Å². The van der Waals surface area contributed by atoms with Gasteiger partial charge in [0, 0.05) is 31.2 Å². The van der Waals surface area contributed by atoms with Crippen LogP contribution in [0.15, 0.2) is 18.2 Å². The minimum Gasteiger partial charge on any atom is -0.333 e. The monoisotopic (exact) mass is 347 g/mol. The molecule has 1 aromatic carbocycles. The van der Waals surface area contributed by atoms with Gasteiger partial charge in [-0.15, -0.1) is 12.4 Å². The molecule has 0 bridgehead atoms. The van der Waals surface area contributed by atoms with Crippen molar-refractivity contribution in [2.45, 2.75) is 19.9 Å². The number of carbonyl (C=O) groups is 1. The number of nitrogens with one attached hydrogen (secondary N) is 2. The second kappa shape index (κ2) is 7.30. The molecule has 0 radical (unpaired) electrons. The Balaban J connectivity index is 0.00000242. The van der Waals surface area contributed by atoms with E-state index in [-0.39, 0.29) is 24.4 Å². The summed E-state index contributed by atoms with van der Waals surface area (Å²) in [7, 11) is -3.36. The largest absolute Gasteiger partial charge is 0.333 e. The van der Waals surface area contributed by atoms with E-state index < -0.39 is 10.0 Å². The van der Waals surface area contributed by atoms with Crippen molar-refractivity contribution in [3.63, 3.8) is 0 Å². The van der Waals surface area contributed by atoms with E-state index >= 15 is 0 Å². The fraction of sp³-hybridized carbons (Fsp3) is 0.500. The third kappa shape index (κ3) is 4.59. The number of halogens is 1. The highest BCUT2D eigenvalue weighted by Crippen LogP contribution is 2.20. The maximum atomic E-state index is 12.6. The first-order valence-electron chi connectivity index (χ1n) is 6.88. The van der Waals surface area contributed by atoms with E-state index in [0.717, 1.165) is 24.9 Å². The number of nitrogens with zero attached hydrogens (tertiary/aromatic N) is 1. The molecule has 8 heteroatoms. The third-order valence-corrected chi connectivity index (χ3v) is 4.13. The number of hydrogen-bond acceptors (Lipinski definition) is 4. The Kier molecular flexibility index (Phi) is 6.22. The van der Waals surface area contributed by atoms with Crippen LogP contribution in [0.3, 0.4) is 0 Å². The SMILES string of the molecule is Cc1ccc(C(=O)N2CCNCC2C)cc1NS(C)(=O)=O.Cl. The van der Waals surface area contributed by atoms with Crippen LogP contribution in [0.2, 0.25) is 0 Å². The van der Waals surface area contributed by atoms with Crippen molar-refractivity contribution < 1.29 is 13.2 Å². The molecule has 1 aliphatic rings. The van der Waals surface area contributed by atoms with Gasteiger partial charge in [0.15, 0.2) is 0 Å². The first-order valence-corrected chi connectivity index (χ1v) is 8.77. The van der Waals surface area contributed by atoms with E-state index in [0.29, 0.717) is 17.8 Å². The van der Waals surface area contributed by atoms with Crippen molar-refractivity contribution in [2.24, 2.45) is 0 Å². The van der Waals surface area contributed by atoms with E-state index in [1.165, 1.54) is 0 Å². The first kappa shape index (κ1) is 18.7. The molecule has 1 unspecified atom stereocenters. The van der Waals surface area contributed by atoms with Crippen LogP contribution < -0.4 is 10.0 Å². The number of anilines is 1. The highest BCUT2D eigenvalue weighted by molar-refractivity contribution is 7.92. The second-order valence-electron chi connectivity index (χ2n) is 5.46. The summed E-state index contributed by atoms with van der Waals surface area (Å²) in [4.78, 5) is 14.4. The third-order valence-electron chi connectivity index (χ3n) is 3.54. The van der Waals surface area contributed by atoms with Gasteiger partial charge in [0.2, 0.25) is 10.0 Å². The normalized spacial score (nSPS) is 18.5. The molecule has 0 saturated carbocycles. The fourth-order valence-corrected chi connectivity index (χ4v) is 2.99. The Bertz CT molecular complexity index is 649. The Morgan fingerprint density at radius 1 is 1.41 bits per heavy atom. The predicted molar refractivity (Wildman–Crippen MR) is 90.3 cm³/mol. The van der Waals surface area contributed by atoms with Gasteiger partial charge in [0.05, 0.1) is 11.9 Å². The number of sulfonamides is 1. The van der Waals surface area contributed by atoms with Crippen molar-refractivity contribution in [1.29, 1.82) is 0 Å². The lowest BCUT2D eigenvalue weighted by Gasteiger charge is -2.34. The van der Waals surface area contributed by atoms with Gasteiger partial charge in [-0.1, -0.05) is 6.07 Å². The molecular formula is C14H22ClN3O3S. The van der Waals surface area contributed by atoms with Gasteiger partial charge >= 0.3 is 0 Å². The lowest BCUT2D eigenvalue weighted by atomic mass is 10.1. The molecule has 1 saturated heterocycles. The zero-order valence-corrected chi connectivity index (χ0v) is 14.6. The summed E-state index contributed by atoms with van der Waals surface area (Å²) in [5.41, 5.74) is 1.73. The topological polar surface area (TPSA) is 78.5 Å². The number of hydrogen-bond donors (Lipinski definition) is 2. The number of aryl methyl sites for hydroxylation is 1. The molecule has 0 aliphatic carbocycles. The minimum atomic E-state index is -3.36. The van der Waals surface area contributed by atoms with E-state index in [2.05, 4.69) is 10.0 Å². The highest BCUT2D eigenvalue weighted by Gasteiger charge is 2.24. The molecule has 6 nitrogen and oxygen atoms in total. The van der Waals surface area contributed by atoms with Crippen molar-refractivity contribution in [1.82, 2.24) is 10.2 Å². The minimum absolute atomic E-state index is 0. The lowest BCUT2D eigenvalue weighted by Crippen LogP contribution is -2.52. The molecule has 1 atom stereocenters. The van der Waals surface area contributed by atoms with Gasteiger partial charge in [0.25, 0.3) is 5.91 Å². The number of amides is 1. The fourth-order valence-electron chi connectivity index (χ4n) is 2.37. The Hall–Kier alpha value is -1.31. The van der Waals surface area contributed by atoms with Crippen LogP contribution in [-0.2, 0) is 10.0 Å². The average molecular weight is 348 g/mol. The molecule has 124 valence electrons. The molecule has 1 heterocycles. The van der Waals surface area contributed by atoms with Crippen molar-refractivity contribution in [3.8, 4) is 0 Å². The van der Waals surface area contributed by atoms with Crippen molar-refractivity contribution in [3.05, 3.63) is 29.3 Å². The smallest absolute Gasteiger partial charge is 0.254 e. The van der Waals surface area contributed by atoms with Gasteiger partial charge in [-0.2, -0.15) is 0 Å². The maximum absolute atomic E-state index is 12.6. The summed E-state index contributed by atoms with van der Waals surface area (Å²) in [5.74, 6) is -0.0689. The van der Waals surface area contributed by atoms with E-state index in [9.17, 15) is 13.2 Å². The zero-order valence-electron chi connectivity index (χ0n) is 12.9. The number of benzene rings is 1. The van der Waals surface area contributed by atoms with Gasteiger partial charge in [0.1, 0.15) is 0 Å². The van der Waals surface area contributed by atoms with Gasteiger partial charge in [-0.3, -0.25) is 9.52 Å². The number of rotatable bonds is 3. The highest BCUT2D eigenvalue weighted by atomic mass is 35.5. The molecule has 1 aliphatic heterocycles. The standard InChI is InChI=1S/C14H21N3O3S.ClH/c1-10-4-5-12(8-13(10)16-21(3,19)20)14(18)17-7-6-15-9-11(17)2;/h4-5,8,11,15-16H,6-7,9H2,1-3H3;1H. The Morgan fingerprint density at radius 2 is 2.09 bits per heavy atom. The molecule has 0 spiro atoms. The zero-order chi connectivity index (χ0) is 15.6. The quantitative estimate of drug-likeness (QED) is 0.861. The summed E-state index contributed by atoms with van der Waals surface area (Å²) in [5, 5.41) is 3.24. The molecule has 1 aromatic rings. The van der Waals surface area contributed by atoms with E-state index in [4.69, 9.17) is 0 Å². The molecule has 1 fully saturated rings. The first-order chi connectivity index (χ1) is 9.78. The summed E-state index contributed by atoms with van der Waals surface area (Å²) in [6.07, 6.45) is 1.10. The Morgan fingerprint density at radius 3 is 2.68 bits per heavy atom. The van der Waals surface area contributed by atoms with Crippen LogP contribution >= 0.6 is 12.4 Å². The molecule has 0 aromatic heterocycles.